The van der Waals surface area contributed by atoms with Gasteiger partial charge in [0.1, 0.15) is 12.7 Å². The Morgan fingerprint density at radius 1 is 1.38 bits per heavy atom. The van der Waals surface area contributed by atoms with Crippen molar-refractivity contribution in [2.75, 3.05) is 13.2 Å². The predicted octanol–water partition coefficient (Wildman–Crippen LogP) is 1.08. The number of hydrogen-bond donors (Lipinski definition) is 1. The highest BCUT2D eigenvalue weighted by atomic mass is 16.5. The largest absolute Gasteiger partial charge is 0.362 e. The summed E-state index contributed by atoms with van der Waals surface area (Å²) in [5, 5.41) is 2.74. The van der Waals surface area contributed by atoms with E-state index in [0.29, 0.717) is 12.1 Å². The molecule has 4 nitrogen and oxygen atoms in total. The lowest BCUT2D eigenvalue weighted by atomic mass is 10.0. The van der Waals surface area contributed by atoms with E-state index in [9.17, 15) is 9.59 Å². The fourth-order valence-corrected chi connectivity index (χ4v) is 1.64. The van der Waals surface area contributed by atoms with E-state index >= 15 is 0 Å². The first-order valence-corrected chi connectivity index (χ1v) is 5.16. The average Bonchev–Trinajstić information content (AvgIpc) is 2.30. The summed E-state index contributed by atoms with van der Waals surface area (Å²) in [7, 11) is 0. The fraction of sp³-hybridized carbons (Fsp3) is 0.333. The van der Waals surface area contributed by atoms with Crippen molar-refractivity contribution in [2.45, 2.75) is 13.0 Å². The molecule has 0 aliphatic carbocycles. The number of ether oxygens (including phenoxy) is 1. The fourth-order valence-electron chi connectivity index (χ4n) is 1.64. The Kier molecular flexibility index (Phi) is 3.01. The highest BCUT2D eigenvalue weighted by Gasteiger charge is 2.19. The molecule has 16 heavy (non-hydrogen) atoms. The van der Waals surface area contributed by atoms with Gasteiger partial charge < -0.3 is 10.1 Å². The summed E-state index contributed by atoms with van der Waals surface area (Å²) < 4.78 is 5.38. The molecule has 1 atom stereocenters. The van der Waals surface area contributed by atoms with Crippen molar-refractivity contribution < 1.29 is 14.3 Å². The number of morpholine rings is 1. The van der Waals surface area contributed by atoms with Gasteiger partial charge in [0, 0.05) is 12.1 Å². The molecule has 1 unspecified atom stereocenters. The van der Waals surface area contributed by atoms with Crippen LogP contribution in [0.5, 0.6) is 0 Å². The van der Waals surface area contributed by atoms with Gasteiger partial charge >= 0.3 is 0 Å². The third kappa shape index (κ3) is 2.28. The molecule has 1 saturated heterocycles. The van der Waals surface area contributed by atoms with Gasteiger partial charge in [-0.05, 0) is 12.5 Å². The van der Waals surface area contributed by atoms with Crippen LogP contribution in [-0.4, -0.2) is 24.8 Å². The summed E-state index contributed by atoms with van der Waals surface area (Å²) in [5.74, 6) is -0.0407. The topological polar surface area (TPSA) is 55.4 Å². The van der Waals surface area contributed by atoms with Crippen molar-refractivity contribution in [3.05, 3.63) is 35.4 Å². The third-order valence-corrected chi connectivity index (χ3v) is 2.59. The molecule has 4 heteroatoms. The Hall–Kier alpha value is -1.68. The third-order valence-electron chi connectivity index (χ3n) is 2.59. The summed E-state index contributed by atoms with van der Waals surface area (Å²) in [6.45, 7) is 2.11. The van der Waals surface area contributed by atoms with Crippen LogP contribution < -0.4 is 5.32 Å². The lowest BCUT2D eigenvalue weighted by molar-refractivity contribution is -0.133. The molecule has 0 saturated carbocycles. The summed E-state index contributed by atoms with van der Waals surface area (Å²) in [4.78, 5) is 22.0. The van der Waals surface area contributed by atoms with E-state index in [1.807, 2.05) is 12.1 Å². The number of carbonyl (C=O) groups is 2. The van der Waals surface area contributed by atoms with E-state index in [0.717, 1.165) is 5.56 Å². The molecule has 1 amide bonds. The van der Waals surface area contributed by atoms with Crippen molar-refractivity contribution in [1.82, 2.24) is 5.32 Å². The van der Waals surface area contributed by atoms with Crippen LogP contribution in [0.2, 0.25) is 0 Å². The molecule has 1 heterocycles. The highest BCUT2D eigenvalue weighted by Crippen LogP contribution is 2.19. The van der Waals surface area contributed by atoms with E-state index in [-0.39, 0.29) is 24.4 Å². The highest BCUT2D eigenvalue weighted by molar-refractivity contribution is 5.94. The standard InChI is InChI=1S/C12H13NO3/c1-8(14)9-2-4-10(5-3-9)11-6-13-12(15)7-16-11/h2-5,11H,6-7H2,1H3,(H,13,15). The van der Waals surface area contributed by atoms with E-state index < -0.39 is 0 Å². The summed E-state index contributed by atoms with van der Waals surface area (Å²) in [6, 6.07) is 7.27. The zero-order valence-electron chi connectivity index (χ0n) is 9.03. The first kappa shape index (κ1) is 10.8. The number of hydrogen-bond acceptors (Lipinski definition) is 3. The van der Waals surface area contributed by atoms with E-state index in [2.05, 4.69) is 5.32 Å². The zero-order chi connectivity index (χ0) is 11.5. The number of benzene rings is 1. The lowest BCUT2D eigenvalue weighted by Gasteiger charge is -2.23. The Labute approximate surface area is 93.6 Å². The van der Waals surface area contributed by atoms with Gasteiger partial charge in [-0.3, -0.25) is 9.59 Å². The number of rotatable bonds is 2. The molecule has 84 valence electrons. The van der Waals surface area contributed by atoms with Crippen LogP contribution in [0.3, 0.4) is 0 Å². The van der Waals surface area contributed by atoms with E-state index in [4.69, 9.17) is 4.74 Å². The Morgan fingerprint density at radius 3 is 2.56 bits per heavy atom. The Balaban J connectivity index is 2.10. The number of amides is 1. The molecule has 0 aromatic heterocycles. The molecule has 1 aliphatic heterocycles. The molecule has 2 rings (SSSR count). The van der Waals surface area contributed by atoms with Crippen LogP contribution in [0.4, 0.5) is 0 Å². The van der Waals surface area contributed by atoms with Gasteiger partial charge in [0.15, 0.2) is 5.78 Å². The molecule has 0 spiro atoms. The molecule has 0 radical (unpaired) electrons. The number of nitrogens with one attached hydrogen (secondary N) is 1. The quantitative estimate of drug-likeness (QED) is 0.757. The number of Topliss-reactive ketones (excluding diaryl/α,β-unsaturated/α-hetero) is 1. The minimum atomic E-state index is -0.112. The van der Waals surface area contributed by atoms with Crippen molar-refractivity contribution in [2.24, 2.45) is 0 Å². The van der Waals surface area contributed by atoms with Gasteiger partial charge in [-0.25, -0.2) is 0 Å². The van der Waals surface area contributed by atoms with Crippen LogP contribution in [0.25, 0.3) is 0 Å². The van der Waals surface area contributed by atoms with Gasteiger partial charge in [-0.2, -0.15) is 0 Å². The summed E-state index contributed by atoms with van der Waals surface area (Å²) in [5.41, 5.74) is 1.66. The zero-order valence-corrected chi connectivity index (χ0v) is 9.03. The maximum absolute atomic E-state index is 11.1. The Morgan fingerprint density at radius 2 is 2.06 bits per heavy atom. The molecule has 1 fully saturated rings. The predicted molar refractivity (Wildman–Crippen MR) is 58.1 cm³/mol. The van der Waals surface area contributed by atoms with Crippen LogP contribution >= 0.6 is 0 Å². The lowest BCUT2D eigenvalue weighted by Crippen LogP contribution is -2.38. The van der Waals surface area contributed by atoms with Crippen LogP contribution in [0.1, 0.15) is 28.9 Å². The second-order valence-corrected chi connectivity index (χ2v) is 3.78. The molecule has 0 bridgehead atoms. The number of ketones is 1. The first-order valence-electron chi connectivity index (χ1n) is 5.16. The van der Waals surface area contributed by atoms with Gasteiger partial charge in [0.05, 0.1) is 0 Å². The maximum atomic E-state index is 11.1. The monoisotopic (exact) mass is 219 g/mol. The van der Waals surface area contributed by atoms with Crippen LogP contribution in [0.15, 0.2) is 24.3 Å². The second-order valence-electron chi connectivity index (χ2n) is 3.78. The van der Waals surface area contributed by atoms with Crippen molar-refractivity contribution in [3.8, 4) is 0 Å². The summed E-state index contributed by atoms with van der Waals surface area (Å²) >= 11 is 0. The second kappa shape index (κ2) is 4.45. The molecule has 1 aromatic rings. The SMILES string of the molecule is CC(=O)c1ccc(C2CNC(=O)CO2)cc1. The van der Waals surface area contributed by atoms with Gasteiger partial charge in [0.25, 0.3) is 0 Å². The van der Waals surface area contributed by atoms with Gasteiger partial charge in [-0.1, -0.05) is 24.3 Å². The molecular weight excluding hydrogens is 206 g/mol. The van der Waals surface area contributed by atoms with Crippen LogP contribution in [0, 0.1) is 0 Å². The van der Waals surface area contributed by atoms with E-state index in [1.54, 1.807) is 12.1 Å². The van der Waals surface area contributed by atoms with Crippen LogP contribution in [-0.2, 0) is 9.53 Å². The maximum Gasteiger partial charge on any atom is 0.246 e. The van der Waals surface area contributed by atoms with Crippen molar-refractivity contribution in [3.63, 3.8) is 0 Å². The normalized spacial score (nSPS) is 20.3. The van der Waals surface area contributed by atoms with E-state index in [1.165, 1.54) is 6.92 Å². The Bertz CT molecular complexity index is 401. The summed E-state index contributed by atoms with van der Waals surface area (Å²) in [6.07, 6.45) is -0.112. The molecule has 1 N–H and O–H groups in total. The minimum Gasteiger partial charge on any atom is -0.362 e. The van der Waals surface area contributed by atoms with Gasteiger partial charge in [0.2, 0.25) is 5.91 Å². The number of carbonyl (C=O) groups excluding carboxylic acids is 2. The van der Waals surface area contributed by atoms with Crippen molar-refractivity contribution in [1.29, 1.82) is 0 Å². The molecule has 1 aliphatic rings. The minimum absolute atomic E-state index is 0.0458. The molecular formula is C12H13NO3. The smallest absolute Gasteiger partial charge is 0.246 e. The average molecular weight is 219 g/mol. The van der Waals surface area contributed by atoms with Gasteiger partial charge in [-0.15, -0.1) is 0 Å². The molecule has 1 aromatic carbocycles. The van der Waals surface area contributed by atoms with Crippen molar-refractivity contribution >= 4 is 11.7 Å². The first-order chi connectivity index (χ1) is 7.66.